The maximum atomic E-state index is 11.8. The summed E-state index contributed by atoms with van der Waals surface area (Å²) in [4.78, 5) is 11.1. The Kier molecular flexibility index (Phi) is 4.59. The minimum Gasteiger partial charge on any atom is -0.480 e. The summed E-state index contributed by atoms with van der Waals surface area (Å²) in [5.74, 6) is -1.18. The third-order valence-corrected chi connectivity index (χ3v) is 3.83. The Balaban J connectivity index is 3.30. The molecule has 0 saturated heterocycles. The standard InChI is InChI=1S/C11H14ClNO4S/c1-3-10(11(14)15)13(18(2,16)17)9-6-4-8(12)5-7-9/h4-7,10H,3H2,1-2H3,(H,14,15). The molecule has 1 N–H and O–H groups in total. The van der Waals surface area contributed by atoms with Crippen LogP contribution in [-0.2, 0) is 14.8 Å². The van der Waals surface area contributed by atoms with Gasteiger partial charge in [-0.25, -0.2) is 13.2 Å². The third kappa shape index (κ3) is 3.36. The van der Waals surface area contributed by atoms with Gasteiger partial charge in [-0.15, -0.1) is 0 Å². The largest absolute Gasteiger partial charge is 0.480 e. The van der Waals surface area contributed by atoms with E-state index in [1.165, 1.54) is 24.3 Å². The van der Waals surface area contributed by atoms with E-state index in [1.54, 1.807) is 6.92 Å². The molecule has 0 aliphatic carbocycles. The molecule has 5 nitrogen and oxygen atoms in total. The molecule has 0 fully saturated rings. The highest BCUT2D eigenvalue weighted by molar-refractivity contribution is 7.92. The number of carboxylic acids is 1. The first-order valence-corrected chi connectivity index (χ1v) is 7.47. The summed E-state index contributed by atoms with van der Waals surface area (Å²) in [5.41, 5.74) is 0.288. The lowest BCUT2D eigenvalue weighted by Crippen LogP contribution is -2.44. The normalized spacial score (nSPS) is 13.1. The molecule has 0 aliphatic heterocycles. The van der Waals surface area contributed by atoms with Crippen LogP contribution in [0.5, 0.6) is 0 Å². The van der Waals surface area contributed by atoms with Gasteiger partial charge in [-0.2, -0.15) is 0 Å². The van der Waals surface area contributed by atoms with E-state index in [1.807, 2.05) is 0 Å². The second-order valence-corrected chi connectivity index (χ2v) is 6.09. The van der Waals surface area contributed by atoms with Crippen LogP contribution in [-0.4, -0.2) is 31.8 Å². The van der Waals surface area contributed by atoms with E-state index in [9.17, 15) is 13.2 Å². The topological polar surface area (TPSA) is 74.7 Å². The fourth-order valence-corrected chi connectivity index (χ4v) is 2.96. The lowest BCUT2D eigenvalue weighted by molar-refractivity contribution is -0.138. The second kappa shape index (κ2) is 5.58. The van der Waals surface area contributed by atoms with Gasteiger partial charge in [-0.05, 0) is 30.7 Å². The Labute approximate surface area is 111 Å². The van der Waals surface area contributed by atoms with Crippen molar-refractivity contribution in [2.75, 3.05) is 10.6 Å². The average Bonchev–Trinajstić information content (AvgIpc) is 2.25. The van der Waals surface area contributed by atoms with Crippen LogP contribution in [0.4, 0.5) is 5.69 Å². The molecular formula is C11H14ClNO4S. The summed E-state index contributed by atoms with van der Waals surface area (Å²) in [6.45, 7) is 1.62. The van der Waals surface area contributed by atoms with Gasteiger partial charge in [-0.3, -0.25) is 4.31 Å². The molecule has 0 spiro atoms. The molecule has 100 valence electrons. The van der Waals surface area contributed by atoms with E-state index in [2.05, 4.69) is 0 Å². The van der Waals surface area contributed by atoms with Crippen LogP contribution < -0.4 is 4.31 Å². The van der Waals surface area contributed by atoms with Crippen LogP contribution in [0.1, 0.15) is 13.3 Å². The van der Waals surface area contributed by atoms with Crippen molar-refractivity contribution in [3.8, 4) is 0 Å². The van der Waals surface area contributed by atoms with Crippen molar-refractivity contribution in [3.05, 3.63) is 29.3 Å². The highest BCUT2D eigenvalue weighted by Crippen LogP contribution is 2.24. The van der Waals surface area contributed by atoms with Gasteiger partial charge in [0.25, 0.3) is 0 Å². The predicted molar refractivity (Wildman–Crippen MR) is 70.5 cm³/mol. The molecule has 0 heterocycles. The number of benzene rings is 1. The first kappa shape index (κ1) is 14.8. The highest BCUT2D eigenvalue weighted by Gasteiger charge is 2.31. The van der Waals surface area contributed by atoms with E-state index in [4.69, 9.17) is 16.7 Å². The summed E-state index contributed by atoms with van der Waals surface area (Å²) in [5, 5.41) is 9.54. The van der Waals surface area contributed by atoms with Gasteiger partial charge in [-0.1, -0.05) is 18.5 Å². The predicted octanol–water partition coefficient (Wildman–Crippen LogP) is 1.97. The minimum atomic E-state index is -3.68. The summed E-state index contributed by atoms with van der Waals surface area (Å²) >= 11 is 5.72. The van der Waals surface area contributed by atoms with Crippen molar-refractivity contribution in [2.24, 2.45) is 0 Å². The van der Waals surface area contributed by atoms with Crippen molar-refractivity contribution in [1.29, 1.82) is 0 Å². The van der Waals surface area contributed by atoms with Crippen LogP contribution in [0.15, 0.2) is 24.3 Å². The van der Waals surface area contributed by atoms with Gasteiger partial charge in [0.05, 0.1) is 11.9 Å². The Hall–Kier alpha value is -1.27. The Bertz CT molecular complexity index is 526. The first-order valence-electron chi connectivity index (χ1n) is 5.25. The molecule has 7 heteroatoms. The van der Waals surface area contributed by atoms with E-state index in [0.29, 0.717) is 5.02 Å². The maximum Gasteiger partial charge on any atom is 0.327 e. The molecule has 0 aromatic heterocycles. The molecular weight excluding hydrogens is 278 g/mol. The van der Waals surface area contributed by atoms with Crippen molar-refractivity contribution in [3.63, 3.8) is 0 Å². The van der Waals surface area contributed by atoms with E-state index >= 15 is 0 Å². The zero-order chi connectivity index (χ0) is 13.9. The monoisotopic (exact) mass is 291 g/mol. The van der Waals surface area contributed by atoms with Gasteiger partial charge in [0.2, 0.25) is 10.0 Å². The molecule has 1 aromatic rings. The van der Waals surface area contributed by atoms with E-state index in [0.717, 1.165) is 10.6 Å². The average molecular weight is 292 g/mol. The molecule has 0 radical (unpaired) electrons. The Morgan fingerprint density at radius 3 is 2.22 bits per heavy atom. The van der Waals surface area contributed by atoms with Crippen LogP contribution in [0.2, 0.25) is 5.02 Å². The maximum absolute atomic E-state index is 11.8. The van der Waals surface area contributed by atoms with Crippen molar-refractivity contribution in [2.45, 2.75) is 19.4 Å². The fourth-order valence-electron chi connectivity index (χ4n) is 1.63. The zero-order valence-electron chi connectivity index (χ0n) is 10.00. The quantitative estimate of drug-likeness (QED) is 0.900. The summed E-state index contributed by atoms with van der Waals surface area (Å²) < 4.78 is 24.4. The Morgan fingerprint density at radius 1 is 1.39 bits per heavy atom. The number of carbonyl (C=O) groups is 1. The van der Waals surface area contributed by atoms with Crippen LogP contribution in [0.3, 0.4) is 0 Å². The van der Waals surface area contributed by atoms with Crippen LogP contribution in [0.25, 0.3) is 0 Å². The van der Waals surface area contributed by atoms with Crippen molar-refractivity contribution >= 4 is 33.3 Å². The number of carboxylic acid groups (broad SMARTS) is 1. The van der Waals surface area contributed by atoms with Gasteiger partial charge in [0.15, 0.2) is 0 Å². The number of hydrogen-bond donors (Lipinski definition) is 1. The molecule has 0 aliphatic rings. The van der Waals surface area contributed by atoms with E-state index < -0.39 is 22.0 Å². The summed E-state index contributed by atoms with van der Waals surface area (Å²) in [6.07, 6.45) is 1.15. The summed E-state index contributed by atoms with van der Waals surface area (Å²) in [7, 11) is -3.68. The minimum absolute atomic E-state index is 0.172. The lowest BCUT2D eigenvalue weighted by atomic mass is 10.2. The number of aliphatic carboxylic acids is 1. The van der Waals surface area contributed by atoms with Crippen LogP contribution >= 0.6 is 11.6 Å². The lowest BCUT2D eigenvalue weighted by Gasteiger charge is -2.28. The molecule has 1 rings (SSSR count). The highest BCUT2D eigenvalue weighted by atomic mass is 35.5. The SMILES string of the molecule is CCC(C(=O)O)N(c1ccc(Cl)cc1)S(C)(=O)=O. The molecule has 0 amide bonds. The van der Waals surface area contributed by atoms with Crippen LogP contribution in [0, 0.1) is 0 Å². The number of hydrogen-bond acceptors (Lipinski definition) is 3. The fraction of sp³-hybridized carbons (Fsp3) is 0.364. The van der Waals surface area contributed by atoms with Crippen molar-refractivity contribution < 1.29 is 18.3 Å². The number of sulfonamides is 1. The van der Waals surface area contributed by atoms with E-state index in [-0.39, 0.29) is 12.1 Å². The molecule has 1 aromatic carbocycles. The number of rotatable bonds is 5. The second-order valence-electron chi connectivity index (χ2n) is 3.80. The van der Waals surface area contributed by atoms with Crippen molar-refractivity contribution in [1.82, 2.24) is 0 Å². The smallest absolute Gasteiger partial charge is 0.327 e. The number of nitrogens with zero attached hydrogens (tertiary/aromatic N) is 1. The molecule has 0 saturated carbocycles. The summed E-state index contributed by atoms with van der Waals surface area (Å²) in [6, 6.07) is 4.87. The molecule has 0 bridgehead atoms. The first-order chi connectivity index (χ1) is 8.27. The van der Waals surface area contributed by atoms with Gasteiger partial charge < -0.3 is 5.11 Å². The van der Waals surface area contributed by atoms with Gasteiger partial charge in [0, 0.05) is 5.02 Å². The third-order valence-electron chi connectivity index (χ3n) is 2.39. The molecule has 18 heavy (non-hydrogen) atoms. The number of anilines is 1. The zero-order valence-corrected chi connectivity index (χ0v) is 11.6. The van der Waals surface area contributed by atoms with Gasteiger partial charge >= 0.3 is 5.97 Å². The van der Waals surface area contributed by atoms with Gasteiger partial charge in [0.1, 0.15) is 6.04 Å². The Morgan fingerprint density at radius 2 is 1.89 bits per heavy atom. The molecule has 1 unspecified atom stereocenters. The molecule has 1 atom stereocenters. The number of halogens is 1.